The molecule has 4 heteroatoms. The summed E-state index contributed by atoms with van der Waals surface area (Å²) in [5.41, 5.74) is 2.67. The van der Waals surface area contributed by atoms with E-state index in [1.165, 1.54) is 6.08 Å². The Kier molecular flexibility index (Phi) is 4.82. The number of furan rings is 1. The molecule has 0 spiro atoms. The van der Waals surface area contributed by atoms with Crippen LogP contribution in [0.25, 0.3) is 17.4 Å². The molecular weight excluding hydrogens is 322 g/mol. The molecular formula is C20H16ClNO2. The van der Waals surface area contributed by atoms with Gasteiger partial charge in [-0.15, -0.1) is 0 Å². The standard InChI is InChI=1S/C20H16ClNO2/c1-14-7-8-15(13-18(14)21)19-11-9-17(24-19)10-12-20(23)22-16-5-3-2-4-6-16/h2-13H,1H3,(H,22,23)/b12-10+. The number of amides is 1. The second-order valence-corrected chi connectivity index (χ2v) is 5.76. The normalized spacial score (nSPS) is 10.9. The number of nitrogens with one attached hydrogen (secondary N) is 1. The topological polar surface area (TPSA) is 42.2 Å². The fourth-order valence-electron chi connectivity index (χ4n) is 2.21. The van der Waals surface area contributed by atoms with E-state index < -0.39 is 0 Å². The Bertz CT molecular complexity index is 882. The van der Waals surface area contributed by atoms with Gasteiger partial charge in [-0.2, -0.15) is 0 Å². The van der Waals surface area contributed by atoms with Crippen molar-refractivity contribution in [1.29, 1.82) is 0 Å². The van der Waals surface area contributed by atoms with Crippen LogP contribution in [-0.2, 0) is 4.79 Å². The van der Waals surface area contributed by atoms with Crippen LogP contribution in [0.2, 0.25) is 5.02 Å². The van der Waals surface area contributed by atoms with Crippen LogP contribution in [0.4, 0.5) is 5.69 Å². The predicted octanol–water partition coefficient (Wildman–Crippen LogP) is 5.56. The van der Waals surface area contributed by atoms with E-state index in [-0.39, 0.29) is 5.91 Å². The zero-order chi connectivity index (χ0) is 16.9. The van der Waals surface area contributed by atoms with Crippen molar-refractivity contribution in [2.45, 2.75) is 6.92 Å². The van der Waals surface area contributed by atoms with E-state index in [1.54, 1.807) is 6.08 Å². The molecule has 3 nitrogen and oxygen atoms in total. The lowest BCUT2D eigenvalue weighted by molar-refractivity contribution is -0.111. The number of anilines is 1. The van der Waals surface area contributed by atoms with Crippen molar-refractivity contribution in [3.63, 3.8) is 0 Å². The molecule has 0 aliphatic carbocycles. The first kappa shape index (κ1) is 16.1. The Hall–Kier alpha value is -2.78. The van der Waals surface area contributed by atoms with Gasteiger partial charge in [0.05, 0.1) is 0 Å². The number of carbonyl (C=O) groups excluding carboxylic acids is 1. The third-order valence-electron chi connectivity index (χ3n) is 3.52. The third kappa shape index (κ3) is 3.94. The zero-order valence-electron chi connectivity index (χ0n) is 13.1. The van der Waals surface area contributed by atoms with Gasteiger partial charge in [0, 0.05) is 22.3 Å². The Morgan fingerprint density at radius 2 is 1.88 bits per heavy atom. The minimum absolute atomic E-state index is 0.211. The van der Waals surface area contributed by atoms with Crippen LogP contribution in [-0.4, -0.2) is 5.91 Å². The molecule has 1 heterocycles. The number of rotatable bonds is 4. The highest BCUT2D eigenvalue weighted by Crippen LogP contribution is 2.27. The number of carbonyl (C=O) groups is 1. The van der Waals surface area contributed by atoms with Crippen molar-refractivity contribution < 1.29 is 9.21 Å². The molecule has 24 heavy (non-hydrogen) atoms. The molecule has 3 rings (SSSR count). The first-order chi connectivity index (χ1) is 11.6. The van der Waals surface area contributed by atoms with Crippen LogP contribution in [0.3, 0.4) is 0 Å². The lowest BCUT2D eigenvalue weighted by atomic mass is 10.1. The number of aryl methyl sites for hydroxylation is 1. The molecule has 0 bridgehead atoms. The summed E-state index contributed by atoms with van der Waals surface area (Å²) in [5, 5.41) is 3.48. The number of hydrogen-bond acceptors (Lipinski definition) is 2. The maximum Gasteiger partial charge on any atom is 0.248 e. The van der Waals surface area contributed by atoms with Crippen molar-refractivity contribution in [1.82, 2.24) is 0 Å². The van der Waals surface area contributed by atoms with Crippen LogP contribution in [0.1, 0.15) is 11.3 Å². The average molecular weight is 338 g/mol. The third-order valence-corrected chi connectivity index (χ3v) is 3.93. The second-order valence-electron chi connectivity index (χ2n) is 5.35. The van der Waals surface area contributed by atoms with Crippen LogP contribution in [0.5, 0.6) is 0 Å². The van der Waals surface area contributed by atoms with Crippen molar-refractivity contribution in [2.24, 2.45) is 0 Å². The average Bonchev–Trinajstić information content (AvgIpc) is 3.05. The lowest BCUT2D eigenvalue weighted by Gasteiger charge is -2.01. The van der Waals surface area contributed by atoms with Crippen LogP contribution < -0.4 is 5.32 Å². The molecule has 0 aliphatic heterocycles. The highest BCUT2D eigenvalue weighted by molar-refractivity contribution is 6.31. The number of halogens is 1. The quantitative estimate of drug-likeness (QED) is 0.633. The maximum atomic E-state index is 11.9. The highest BCUT2D eigenvalue weighted by atomic mass is 35.5. The molecule has 2 aromatic carbocycles. The summed E-state index contributed by atoms with van der Waals surface area (Å²) < 4.78 is 5.74. The van der Waals surface area contributed by atoms with E-state index in [2.05, 4.69) is 5.32 Å². The Morgan fingerprint density at radius 3 is 2.62 bits per heavy atom. The maximum absolute atomic E-state index is 11.9. The number of benzene rings is 2. The van der Waals surface area contributed by atoms with Gasteiger partial charge in [0.1, 0.15) is 11.5 Å². The molecule has 1 amide bonds. The van der Waals surface area contributed by atoms with Gasteiger partial charge < -0.3 is 9.73 Å². The number of para-hydroxylation sites is 1. The van der Waals surface area contributed by atoms with Gasteiger partial charge >= 0.3 is 0 Å². The SMILES string of the molecule is Cc1ccc(-c2ccc(/C=C/C(=O)Nc3ccccc3)o2)cc1Cl. The first-order valence-electron chi connectivity index (χ1n) is 7.52. The Labute approximate surface area is 145 Å². The van der Waals surface area contributed by atoms with Crippen LogP contribution >= 0.6 is 11.6 Å². The van der Waals surface area contributed by atoms with Crippen molar-refractivity contribution >= 4 is 29.3 Å². The van der Waals surface area contributed by atoms with Crippen LogP contribution in [0.15, 0.2) is 71.2 Å². The van der Waals surface area contributed by atoms with E-state index in [9.17, 15) is 4.79 Å². The minimum Gasteiger partial charge on any atom is -0.457 e. The molecule has 0 saturated heterocycles. The van der Waals surface area contributed by atoms with Crippen molar-refractivity contribution in [3.8, 4) is 11.3 Å². The van der Waals surface area contributed by atoms with Gasteiger partial charge in [-0.05, 0) is 48.9 Å². The summed E-state index contributed by atoms with van der Waals surface area (Å²) in [6.07, 6.45) is 3.08. The smallest absolute Gasteiger partial charge is 0.248 e. The summed E-state index contributed by atoms with van der Waals surface area (Å²) in [4.78, 5) is 11.9. The fraction of sp³-hybridized carbons (Fsp3) is 0.0500. The van der Waals surface area contributed by atoms with Gasteiger partial charge in [0.15, 0.2) is 0 Å². The molecule has 0 atom stereocenters. The first-order valence-corrected chi connectivity index (χ1v) is 7.90. The van der Waals surface area contributed by atoms with Crippen molar-refractivity contribution in [3.05, 3.63) is 83.1 Å². The molecule has 0 aliphatic rings. The van der Waals surface area contributed by atoms with E-state index in [1.807, 2.05) is 67.6 Å². The van der Waals surface area contributed by atoms with E-state index in [0.717, 1.165) is 16.8 Å². The molecule has 0 saturated carbocycles. The fourth-order valence-corrected chi connectivity index (χ4v) is 2.39. The number of hydrogen-bond donors (Lipinski definition) is 1. The largest absolute Gasteiger partial charge is 0.457 e. The molecule has 0 fully saturated rings. The molecule has 0 unspecified atom stereocenters. The van der Waals surface area contributed by atoms with E-state index in [0.29, 0.717) is 16.5 Å². The van der Waals surface area contributed by atoms with Gasteiger partial charge in [-0.25, -0.2) is 0 Å². The van der Waals surface area contributed by atoms with Gasteiger partial charge in [-0.1, -0.05) is 41.9 Å². The predicted molar refractivity (Wildman–Crippen MR) is 98.0 cm³/mol. The van der Waals surface area contributed by atoms with Gasteiger partial charge in [0.25, 0.3) is 0 Å². The highest BCUT2D eigenvalue weighted by Gasteiger charge is 2.05. The monoisotopic (exact) mass is 337 g/mol. The minimum atomic E-state index is -0.211. The van der Waals surface area contributed by atoms with Gasteiger partial charge in [0.2, 0.25) is 5.91 Å². The lowest BCUT2D eigenvalue weighted by Crippen LogP contribution is -2.07. The molecule has 0 radical (unpaired) electrons. The van der Waals surface area contributed by atoms with E-state index in [4.69, 9.17) is 16.0 Å². The van der Waals surface area contributed by atoms with E-state index >= 15 is 0 Å². The summed E-state index contributed by atoms with van der Waals surface area (Å²) in [6.45, 7) is 1.95. The van der Waals surface area contributed by atoms with Gasteiger partial charge in [-0.3, -0.25) is 4.79 Å². The summed E-state index contributed by atoms with van der Waals surface area (Å²) in [7, 11) is 0. The van der Waals surface area contributed by atoms with Crippen molar-refractivity contribution in [2.75, 3.05) is 5.32 Å². The Balaban J connectivity index is 1.69. The molecule has 120 valence electrons. The zero-order valence-corrected chi connectivity index (χ0v) is 13.9. The summed E-state index contributed by atoms with van der Waals surface area (Å²) >= 11 is 6.14. The second kappa shape index (κ2) is 7.20. The summed E-state index contributed by atoms with van der Waals surface area (Å²) in [5.74, 6) is 1.10. The molecule has 1 aromatic heterocycles. The Morgan fingerprint density at radius 1 is 1.08 bits per heavy atom. The summed E-state index contributed by atoms with van der Waals surface area (Å²) in [6, 6.07) is 18.7. The van der Waals surface area contributed by atoms with Crippen LogP contribution in [0, 0.1) is 6.92 Å². The molecule has 3 aromatic rings. The molecule has 1 N–H and O–H groups in total.